The Morgan fingerprint density at radius 1 is 1.15 bits per heavy atom. The van der Waals surface area contributed by atoms with Gasteiger partial charge in [-0.1, -0.05) is 29.4 Å². The van der Waals surface area contributed by atoms with Crippen molar-refractivity contribution in [3.8, 4) is 11.1 Å². The molecule has 0 saturated carbocycles. The van der Waals surface area contributed by atoms with Crippen LogP contribution in [0.3, 0.4) is 0 Å². The van der Waals surface area contributed by atoms with Gasteiger partial charge in [0, 0.05) is 24.5 Å². The molecule has 2 aliphatic rings. The number of carbonyl (C=O) groups excluding carboxylic acids is 2. The lowest BCUT2D eigenvalue weighted by Gasteiger charge is -2.16. The summed E-state index contributed by atoms with van der Waals surface area (Å²) in [6.45, 7) is 7.63. The summed E-state index contributed by atoms with van der Waals surface area (Å²) in [6.07, 6.45) is 10.3. The van der Waals surface area contributed by atoms with E-state index < -0.39 is 0 Å². The van der Waals surface area contributed by atoms with Crippen molar-refractivity contribution in [1.29, 1.82) is 0 Å². The summed E-state index contributed by atoms with van der Waals surface area (Å²) >= 11 is 0. The highest BCUT2D eigenvalue weighted by molar-refractivity contribution is 5.90. The van der Waals surface area contributed by atoms with E-state index in [1.54, 1.807) is 18.6 Å². The van der Waals surface area contributed by atoms with Crippen molar-refractivity contribution >= 4 is 12.3 Å². The molecule has 0 aromatic rings. The number of hydrogen-bond acceptors (Lipinski definition) is 4. The zero-order valence-corrected chi connectivity index (χ0v) is 15.9. The molecule has 1 aliphatic heterocycles. The summed E-state index contributed by atoms with van der Waals surface area (Å²) < 4.78 is 10.9. The van der Waals surface area contributed by atoms with E-state index >= 15 is 0 Å². The SMILES string of the molecule is CC(=O)O[C@H](/C=C(\C)CCC=C(C)C)Cc1cocc2c(C=O)ccc1-2. The van der Waals surface area contributed by atoms with Crippen molar-refractivity contribution in [2.45, 2.75) is 53.1 Å². The van der Waals surface area contributed by atoms with Crippen molar-refractivity contribution in [1.82, 2.24) is 0 Å². The molecule has 1 heterocycles. The number of fused-ring (bicyclic) bond motifs is 1. The van der Waals surface area contributed by atoms with Crippen LogP contribution in [0.25, 0.3) is 11.1 Å². The van der Waals surface area contributed by atoms with Crippen LogP contribution in [0.4, 0.5) is 0 Å². The van der Waals surface area contributed by atoms with Crippen LogP contribution in [0, 0.1) is 0 Å². The van der Waals surface area contributed by atoms with Crippen molar-refractivity contribution in [2.75, 3.05) is 0 Å². The maximum Gasteiger partial charge on any atom is 0.303 e. The Kier molecular flexibility index (Phi) is 6.96. The maximum atomic E-state index is 11.5. The third-order valence-corrected chi connectivity index (χ3v) is 4.20. The highest BCUT2D eigenvalue weighted by Gasteiger charge is 2.18. The fourth-order valence-electron chi connectivity index (χ4n) is 2.98. The molecule has 1 atom stereocenters. The van der Waals surface area contributed by atoms with Gasteiger partial charge in [-0.2, -0.15) is 0 Å². The minimum atomic E-state index is -0.366. The van der Waals surface area contributed by atoms with Gasteiger partial charge in [0.1, 0.15) is 6.10 Å². The standard InChI is InChI=1S/C22H26O4/c1-15(2)6-5-7-16(3)10-20(26-17(4)24)11-19-13-25-14-22-18(12-23)8-9-21(19)22/h6,8-10,12-14,20H,5,7,11H2,1-4H3/b16-10+/t20-/m1/s1. The number of carbonyl (C=O) groups is 2. The molecule has 26 heavy (non-hydrogen) atoms. The molecule has 0 amide bonds. The zero-order valence-electron chi connectivity index (χ0n) is 15.9. The van der Waals surface area contributed by atoms with E-state index in [0.29, 0.717) is 12.0 Å². The van der Waals surface area contributed by atoms with Crippen LogP contribution < -0.4 is 0 Å². The molecule has 0 spiro atoms. The average molecular weight is 354 g/mol. The smallest absolute Gasteiger partial charge is 0.303 e. The number of ether oxygens (including phenoxy) is 1. The first-order chi connectivity index (χ1) is 12.4. The molecule has 2 rings (SSSR count). The summed E-state index contributed by atoms with van der Waals surface area (Å²) in [4.78, 5) is 22.6. The molecule has 0 aromatic carbocycles. The third-order valence-electron chi connectivity index (χ3n) is 4.20. The first kappa shape index (κ1) is 19.7. The van der Waals surface area contributed by atoms with Crippen molar-refractivity contribution in [3.63, 3.8) is 0 Å². The van der Waals surface area contributed by atoms with Crippen LogP contribution in [0.5, 0.6) is 0 Å². The lowest BCUT2D eigenvalue weighted by Crippen LogP contribution is -2.17. The Bertz CT molecular complexity index is 790. The second kappa shape index (κ2) is 9.18. The van der Waals surface area contributed by atoms with Gasteiger partial charge in [-0.25, -0.2) is 0 Å². The first-order valence-corrected chi connectivity index (χ1v) is 8.81. The van der Waals surface area contributed by atoms with Gasteiger partial charge in [0.2, 0.25) is 0 Å². The monoisotopic (exact) mass is 354 g/mol. The van der Waals surface area contributed by atoms with Crippen LogP contribution in [-0.4, -0.2) is 18.4 Å². The molecular weight excluding hydrogens is 328 g/mol. The fraction of sp³-hybridized carbons (Fsp3) is 0.364. The summed E-state index contributed by atoms with van der Waals surface area (Å²) in [5.41, 5.74) is 5.71. The summed E-state index contributed by atoms with van der Waals surface area (Å²) in [6, 6.07) is 3.68. The molecule has 0 aromatic heterocycles. The quantitative estimate of drug-likeness (QED) is 0.363. The molecule has 0 N–H and O–H groups in total. The van der Waals surface area contributed by atoms with E-state index in [0.717, 1.165) is 35.8 Å². The minimum absolute atomic E-state index is 0.316. The van der Waals surface area contributed by atoms with E-state index in [4.69, 9.17) is 9.15 Å². The molecule has 0 unspecified atom stereocenters. The van der Waals surface area contributed by atoms with Gasteiger partial charge in [0.25, 0.3) is 0 Å². The topological polar surface area (TPSA) is 56.5 Å². The average Bonchev–Trinajstić information content (AvgIpc) is 2.98. The summed E-state index contributed by atoms with van der Waals surface area (Å²) in [5, 5.41) is 0. The first-order valence-electron chi connectivity index (χ1n) is 8.81. The van der Waals surface area contributed by atoms with Crippen molar-refractivity contribution < 1.29 is 18.7 Å². The highest BCUT2D eigenvalue weighted by atomic mass is 16.5. The van der Waals surface area contributed by atoms with E-state index in [2.05, 4.69) is 19.9 Å². The Hall–Kier alpha value is -2.62. The van der Waals surface area contributed by atoms with E-state index in [9.17, 15) is 9.59 Å². The Labute approximate surface area is 154 Å². The van der Waals surface area contributed by atoms with Gasteiger partial charge in [0.05, 0.1) is 12.5 Å². The fourth-order valence-corrected chi connectivity index (χ4v) is 2.98. The normalized spacial score (nSPS) is 12.7. The largest absolute Gasteiger partial charge is 0.472 e. The second-order valence-electron chi connectivity index (χ2n) is 6.82. The number of aldehydes is 1. The number of esters is 1. The Morgan fingerprint density at radius 2 is 1.92 bits per heavy atom. The van der Waals surface area contributed by atoms with Crippen LogP contribution in [-0.2, 0) is 16.0 Å². The van der Waals surface area contributed by atoms with Crippen molar-refractivity contribution in [3.05, 3.63) is 59.1 Å². The number of allylic oxidation sites excluding steroid dienone is 3. The van der Waals surface area contributed by atoms with Crippen LogP contribution in [0.1, 0.15) is 56.5 Å². The molecule has 4 nitrogen and oxygen atoms in total. The van der Waals surface area contributed by atoms with Gasteiger partial charge in [-0.15, -0.1) is 0 Å². The zero-order chi connectivity index (χ0) is 19.1. The highest BCUT2D eigenvalue weighted by Crippen LogP contribution is 2.31. The Morgan fingerprint density at radius 3 is 2.58 bits per heavy atom. The van der Waals surface area contributed by atoms with Crippen LogP contribution >= 0.6 is 0 Å². The number of rotatable bonds is 8. The van der Waals surface area contributed by atoms with E-state index in [-0.39, 0.29) is 12.1 Å². The minimum Gasteiger partial charge on any atom is -0.472 e. The van der Waals surface area contributed by atoms with Crippen molar-refractivity contribution in [2.24, 2.45) is 0 Å². The van der Waals surface area contributed by atoms with E-state index in [1.807, 2.05) is 19.1 Å². The van der Waals surface area contributed by atoms with Gasteiger partial charge < -0.3 is 9.15 Å². The predicted molar refractivity (Wildman–Crippen MR) is 102 cm³/mol. The maximum absolute atomic E-state index is 11.5. The molecular formula is C22H26O4. The van der Waals surface area contributed by atoms with E-state index in [1.165, 1.54) is 18.1 Å². The summed E-state index contributed by atoms with van der Waals surface area (Å²) in [7, 11) is 0. The van der Waals surface area contributed by atoms with Crippen LogP contribution in [0.2, 0.25) is 0 Å². The molecule has 0 fully saturated rings. The molecule has 0 bridgehead atoms. The van der Waals surface area contributed by atoms with Crippen LogP contribution in [0.15, 0.2) is 52.4 Å². The van der Waals surface area contributed by atoms with Gasteiger partial charge in [-0.05, 0) is 50.8 Å². The molecule has 0 saturated heterocycles. The molecule has 4 heteroatoms. The predicted octanol–water partition coefficient (Wildman–Crippen LogP) is 5.36. The second-order valence-corrected chi connectivity index (χ2v) is 6.82. The van der Waals surface area contributed by atoms with Gasteiger partial charge >= 0.3 is 5.97 Å². The van der Waals surface area contributed by atoms with Gasteiger partial charge in [0.15, 0.2) is 6.29 Å². The summed E-state index contributed by atoms with van der Waals surface area (Å²) in [5.74, 6) is -0.316. The lowest BCUT2D eigenvalue weighted by atomic mass is 9.99. The molecule has 1 aliphatic carbocycles. The lowest BCUT2D eigenvalue weighted by molar-refractivity contribution is -0.144. The number of hydrogen-bond donors (Lipinski definition) is 0. The molecule has 0 radical (unpaired) electrons. The Balaban J connectivity index is 2.19. The molecule has 138 valence electrons. The van der Waals surface area contributed by atoms with Gasteiger partial charge in [-0.3, -0.25) is 9.59 Å². The third kappa shape index (κ3) is 5.45.